The van der Waals surface area contributed by atoms with E-state index in [9.17, 15) is 0 Å². The van der Waals surface area contributed by atoms with E-state index in [0.29, 0.717) is 0 Å². The van der Waals surface area contributed by atoms with E-state index in [2.05, 4.69) is 56.4 Å². The lowest BCUT2D eigenvalue weighted by molar-refractivity contribution is 0.731. The fourth-order valence-electron chi connectivity index (χ4n) is 2.09. The predicted octanol–water partition coefficient (Wildman–Crippen LogP) is 4.02. The van der Waals surface area contributed by atoms with Crippen LogP contribution in [0.3, 0.4) is 0 Å². The van der Waals surface area contributed by atoms with Crippen LogP contribution in [0.25, 0.3) is 0 Å². The number of hydrogen-bond acceptors (Lipinski definition) is 1. The normalized spacial score (nSPS) is 15.2. The monoisotopic (exact) mass is 227 g/mol. The van der Waals surface area contributed by atoms with Crippen LogP contribution in [0, 0.1) is 13.8 Å². The minimum absolute atomic E-state index is 0.937. The van der Waals surface area contributed by atoms with Crippen molar-refractivity contribution in [1.29, 1.82) is 0 Å². The first kappa shape index (κ1) is 12.0. The molecule has 0 radical (unpaired) electrons. The highest BCUT2D eigenvalue weighted by Crippen LogP contribution is 2.17. The molecule has 0 saturated carbocycles. The Bertz CT molecular complexity index is 466. The van der Waals surface area contributed by atoms with E-state index in [-0.39, 0.29) is 0 Å². The van der Waals surface area contributed by atoms with Crippen molar-refractivity contribution in [3.05, 3.63) is 58.3 Å². The molecular weight excluding hydrogens is 206 g/mol. The Morgan fingerprint density at radius 1 is 1.06 bits per heavy atom. The summed E-state index contributed by atoms with van der Waals surface area (Å²) in [5.74, 6) is 0. The zero-order valence-corrected chi connectivity index (χ0v) is 11.0. The van der Waals surface area contributed by atoms with Crippen molar-refractivity contribution in [1.82, 2.24) is 5.32 Å². The molecule has 0 unspecified atom stereocenters. The number of allylic oxidation sites excluding steroid dienone is 4. The smallest absolute Gasteiger partial charge is 0.0400 e. The largest absolute Gasteiger partial charge is 0.384 e. The molecule has 0 amide bonds. The first-order valence-corrected chi connectivity index (χ1v) is 6.31. The first-order chi connectivity index (χ1) is 8.15. The second-order valence-corrected chi connectivity index (χ2v) is 4.99. The van der Waals surface area contributed by atoms with Gasteiger partial charge < -0.3 is 5.32 Å². The molecule has 0 fully saturated rings. The molecule has 90 valence electrons. The van der Waals surface area contributed by atoms with Gasteiger partial charge in [-0.1, -0.05) is 35.4 Å². The van der Waals surface area contributed by atoms with Crippen molar-refractivity contribution >= 4 is 0 Å². The van der Waals surface area contributed by atoms with Crippen LogP contribution >= 0.6 is 0 Å². The van der Waals surface area contributed by atoms with Crippen molar-refractivity contribution in [3.8, 4) is 0 Å². The molecule has 0 spiro atoms. The fraction of sp³-hybridized carbons (Fsp3) is 0.375. The van der Waals surface area contributed by atoms with Crippen LogP contribution in [-0.2, 0) is 6.54 Å². The van der Waals surface area contributed by atoms with E-state index in [0.717, 1.165) is 13.0 Å². The SMILES string of the molecule is CC1=CC=C(NCc2cc(C)ccc2C)CC1. The van der Waals surface area contributed by atoms with E-state index in [1.807, 2.05) is 0 Å². The van der Waals surface area contributed by atoms with E-state index < -0.39 is 0 Å². The highest BCUT2D eigenvalue weighted by Gasteiger charge is 2.04. The topological polar surface area (TPSA) is 12.0 Å². The van der Waals surface area contributed by atoms with Gasteiger partial charge in [0.15, 0.2) is 0 Å². The zero-order chi connectivity index (χ0) is 12.3. The molecule has 17 heavy (non-hydrogen) atoms. The second-order valence-electron chi connectivity index (χ2n) is 4.99. The van der Waals surface area contributed by atoms with Crippen molar-refractivity contribution in [2.45, 2.75) is 40.2 Å². The first-order valence-electron chi connectivity index (χ1n) is 6.31. The maximum Gasteiger partial charge on any atom is 0.0400 e. The Morgan fingerprint density at radius 2 is 1.88 bits per heavy atom. The molecule has 1 heteroatoms. The summed E-state index contributed by atoms with van der Waals surface area (Å²) in [5, 5.41) is 3.54. The lowest BCUT2D eigenvalue weighted by atomic mass is 10.0. The molecule has 1 aromatic rings. The zero-order valence-electron chi connectivity index (χ0n) is 11.0. The van der Waals surface area contributed by atoms with Gasteiger partial charge in [-0.3, -0.25) is 0 Å². The molecule has 1 nitrogen and oxygen atoms in total. The summed E-state index contributed by atoms with van der Waals surface area (Å²) in [6, 6.07) is 6.64. The Morgan fingerprint density at radius 3 is 2.59 bits per heavy atom. The Hall–Kier alpha value is -1.50. The van der Waals surface area contributed by atoms with Crippen LogP contribution in [0.1, 0.15) is 36.5 Å². The van der Waals surface area contributed by atoms with Crippen molar-refractivity contribution < 1.29 is 0 Å². The van der Waals surface area contributed by atoms with E-state index in [1.54, 1.807) is 0 Å². The molecule has 1 aromatic carbocycles. The third-order valence-electron chi connectivity index (χ3n) is 3.37. The van der Waals surface area contributed by atoms with Gasteiger partial charge in [-0.05, 0) is 50.8 Å². The summed E-state index contributed by atoms with van der Waals surface area (Å²) < 4.78 is 0. The number of nitrogens with one attached hydrogen (secondary N) is 1. The van der Waals surface area contributed by atoms with Crippen LogP contribution in [-0.4, -0.2) is 0 Å². The average Bonchev–Trinajstić information content (AvgIpc) is 2.32. The molecule has 0 atom stereocenters. The maximum absolute atomic E-state index is 3.54. The highest BCUT2D eigenvalue weighted by molar-refractivity contribution is 5.31. The maximum atomic E-state index is 3.54. The van der Waals surface area contributed by atoms with Gasteiger partial charge in [-0.25, -0.2) is 0 Å². The van der Waals surface area contributed by atoms with E-state index in [4.69, 9.17) is 0 Å². The lowest BCUT2D eigenvalue weighted by Gasteiger charge is -2.15. The summed E-state index contributed by atoms with van der Waals surface area (Å²) in [5.41, 5.74) is 6.93. The Labute approximate surface area is 104 Å². The summed E-state index contributed by atoms with van der Waals surface area (Å²) in [6.07, 6.45) is 6.76. The molecule has 0 heterocycles. The van der Waals surface area contributed by atoms with Crippen molar-refractivity contribution in [3.63, 3.8) is 0 Å². The van der Waals surface area contributed by atoms with E-state index >= 15 is 0 Å². The van der Waals surface area contributed by atoms with Crippen LogP contribution in [0.4, 0.5) is 0 Å². The summed E-state index contributed by atoms with van der Waals surface area (Å²) in [6.45, 7) is 7.45. The average molecular weight is 227 g/mol. The van der Waals surface area contributed by atoms with Crippen molar-refractivity contribution in [2.24, 2.45) is 0 Å². The molecule has 1 N–H and O–H groups in total. The van der Waals surface area contributed by atoms with Crippen molar-refractivity contribution in [2.75, 3.05) is 0 Å². The van der Waals surface area contributed by atoms with Crippen LogP contribution in [0.2, 0.25) is 0 Å². The van der Waals surface area contributed by atoms with Crippen LogP contribution in [0.5, 0.6) is 0 Å². The van der Waals surface area contributed by atoms with Gasteiger partial charge >= 0.3 is 0 Å². The third-order valence-corrected chi connectivity index (χ3v) is 3.37. The minimum atomic E-state index is 0.937. The third kappa shape index (κ3) is 3.23. The summed E-state index contributed by atoms with van der Waals surface area (Å²) >= 11 is 0. The molecule has 0 aromatic heterocycles. The van der Waals surface area contributed by atoms with E-state index in [1.165, 1.54) is 34.4 Å². The van der Waals surface area contributed by atoms with Gasteiger partial charge in [0, 0.05) is 12.2 Å². The number of rotatable bonds is 3. The number of aryl methyl sites for hydroxylation is 2. The molecule has 0 bridgehead atoms. The Kier molecular flexibility index (Phi) is 3.68. The minimum Gasteiger partial charge on any atom is -0.384 e. The van der Waals surface area contributed by atoms with Gasteiger partial charge in [0.1, 0.15) is 0 Å². The summed E-state index contributed by atoms with van der Waals surface area (Å²) in [4.78, 5) is 0. The van der Waals surface area contributed by atoms with Gasteiger partial charge in [0.2, 0.25) is 0 Å². The van der Waals surface area contributed by atoms with Gasteiger partial charge in [-0.15, -0.1) is 0 Å². The highest BCUT2D eigenvalue weighted by atomic mass is 14.9. The lowest BCUT2D eigenvalue weighted by Crippen LogP contribution is -2.15. The molecule has 1 aliphatic rings. The van der Waals surface area contributed by atoms with Gasteiger partial charge in [0.25, 0.3) is 0 Å². The molecule has 2 rings (SSSR count). The number of hydrogen-bond donors (Lipinski definition) is 1. The predicted molar refractivity (Wildman–Crippen MR) is 73.8 cm³/mol. The number of benzene rings is 1. The molecule has 0 aliphatic heterocycles. The quantitative estimate of drug-likeness (QED) is 0.822. The van der Waals surface area contributed by atoms with Crippen LogP contribution < -0.4 is 5.32 Å². The van der Waals surface area contributed by atoms with Crippen LogP contribution in [0.15, 0.2) is 41.6 Å². The Balaban J connectivity index is 2.00. The second kappa shape index (κ2) is 5.22. The molecule has 1 aliphatic carbocycles. The van der Waals surface area contributed by atoms with Gasteiger partial charge in [-0.2, -0.15) is 0 Å². The fourth-order valence-corrected chi connectivity index (χ4v) is 2.09. The standard InChI is InChI=1S/C16H21N/c1-12-5-8-16(9-6-12)17-11-15-10-13(2)4-7-14(15)3/h4-5,7-8,10,17H,6,9,11H2,1-3H3. The summed E-state index contributed by atoms with van der Waals surface area (Å²) in [7, 11) is 0. The van der Waals surface area contributed by atoms with Gasteiger partial charge in [0.05, 0.1) is 0 Å². The molecular formula is C16H21N. The molecule has 0 saturated heterocycles.